The Morgan fingerprint density at radius 1 is 1.16 bits per heavy atom. The predicted molar refractivity (Wildman–Crippen MR) is 79.2 cm³/mol. The number of nitrogens with one attached hydrogen (secondary N) is 1. The molecule has 0 aliphatic heterocycles. The minimum atomic E-state index is 0.649. The summed E-state index contributed by atoms with van der Waals surface area (Å²) in [5.41, 5.74) is 1.16. The van der Waals surface area contributed by atoms with Crippen LogP contribution in [0.3, 0.4) is 0 Å². The number of ether oxygens (including phenoxy) is 2. The van der Waals surface area contributed by atoms with Gasteiger partial charge in [0.15, 0.2) is 11.5 Å². The van der Waals surface area contributed by atoms with Crippen LogP contribution in [0.25, 0.3) is 0 Å². The molecule has 3 heteroatoms. The molecule has 0 atom stereocenters. The molecule has 0 saturated heterocycles. The summed E-state index contributed by atoms with van der Waals surface area (Å²) in [6, 6.07) is 5.96. The van der Waals surface area contributed by atoms with Crippen molar-refractivity contribution in [2.45, 2.75) is 6.92 Å². The van der Waals surface area contributed by atoms with E-state index in [0.29, 0.717) is 6.61 Å². The molecule has 1 aromatic rings. The highest BCUT2D eigenvalue weighted by molar-refractivity contribution is 5.42. The van der Waals surface area contributed by atoms with Gasteiger partial charge in [0.25, 0.3) is 0 Å². The van der Waals surface area contributed by atoms with E-state index in [1.165, 1.54) is 4.90 Å². The van der Waals surface area contributed by atoms with Crippen molar-refractivity contribution in [1.29, 1.82) is 0 Å². The van der Waals surface area contributed by atoms with E-state index in [-0.39, 0.29) is 0 Å². The summed E-state index contributed by atoms with van der Waals surface area (Å²) in [4.78, 5) is 1.39. The predicted octanol–water partition coefficient (Wildman–Crippen LogP) is 1.64. The van der Waals surface area contributed by atoms with Gasteiger partial charge in [-0.3, -0.25) is 0 Å². The Balaban J connectivity index is 2.51. The summed E-state index contributed by atoms with van der Waals surface area (Å²) >= 11 is 0. The fourth-order valence-electron chi connectivity index (χ4n) is 1.90. The van der Waals surface area contributed by atoms with E-state index in [4.69, 9.17) is 9.47 Å². The van der Waals surface area contributed by atoms with Crippen LogP contribution in [0.1, 0.15) is 5.56 Å². The van der Waals surface area contributed by atoms with Crippen molar-refractivity contribution in [2.24, 2.45) is 0 Å². The molecule has 0 aromatic heterocycles. The molecule has 0 fully saturated rings. The van der Waals surface area contributed by atoms with Gasteiger partial charge in [0.2, 0.25) is 0 Å². The molecule has 0 unspecified atom stereocenters. The number of quaternary nitrogens is 1. The Kier molecular flexibility index (Phi) is 6.75. The van der Waals surface area contributed by atoms with Crippen LogP contribution in [0.15, 0.2) is 43.5 Å². The van der Waals surface area contributed by atoms with Crippen LogP contribution in [0.4, 0.5) is 0 Å². The largest absolute Gasteiger partial charge is 0.493 e. The van der Waals surface area contributed by atoms with E-state index in [1.54, 1.807) is 7.11 Å². The third kappa shape index (κ3) is 5.18. The second-order valence-electron chi connectivity index (χ2n) is 4.49. The Labute approximate surface area is 116 Å². The van der Waals surface area contributed by atoms with E-state index < -0.39 is 0 Å². The summed E-state index contributed by atoms with van der Waals surface area (Å²) in [6.45, 7) is 13.0. The Morgan fingerprint density at radius 2 is 1.84 bits per heavy atom. The van der Waals surface area contributed by atoms with E-state index in [9.17, 15) is 0 Å². The van der Waals surface area contributed by atoms with Gasteiger partial charge in [0.05, 0.1) is 20.2 Å². The third-order valence-corrected chi connectivity index (χ3v) is 2.90. The van der Waals surface area contributed by atoms with Crippen LogP contribution in [0.5, 0.6) is 11.5 Å². The average Bonchev–Trinajstić information content (AvgIpc) is 2.40. The van der Waals surface area contributed by atoms with Gasteiger partial charge < -0.3 is 14.4 Å². The zero-order valence-corrected chi connectivity index (χ0v) is 11.9. The van der Waals surface area contributed by atoms with Crippen LogP contribution in [0.2, 0.25) is 0 Å². The van der Waals surface area contributed by atoms with E-state index >= 15 is 0 Å². The van der Waals surface area contributed by atoms with Crippen LogP contribution >= 0.6 is 0 Å². The lowest BCUT2D eigenvalue weighted by molar-refractivity contribution is -0.888. The first-order chi connectivity index (χ1) is 9.21. The number of aryl methyl sites for hydroxylation is 1. The van der Waals surface area contributed by atoms with Crippen LogP contribution in [-0.2, 0) is 0 Å². The van der Waals surface area contributed by atoms with Crippen molar-refractivity contribution in [3.63, 3.8) is 0 Å². The van der Waals surface area contributed by atoms with Crippen LogP contribution in [-0.4, -0.2) is 33.4 Å². The number of hydrogen-bond acceptors (Lipinski definition) is 2. The molecular formula is C16H24NO2+. The maximum atomic E-state index is 5.79. The zero-order chi connectivity index (χ0) is 14.1. The SMILES string of the molecule is C=CC[NH+](CC=C)CCOc1ccc(C)cc1OC. The Hall–Kier alpha value is -1.74. The highest BCUT2D eigenvalue weighted by Gasteiger charge is 2.07. The van der Waals surface area contributed by atoms with Gasteiger partial charge in [0.1, 0.15) is 13.2 Å². The quantitative estimate of drug-likeness (QED) is 0.684. The summed E-state index contributed by atoms with van der Waals surface area (Å²) in [5, 5.41) is 0. The second kappa shape index (κ2) is 8.38. The highest BCUT2D eigenvalue weighted by Crippen LogP contribution is 2.27. The maximum Gasteiger partial charge on any atom is 0.161 e. The summed E-state index contributed by atoms with van der Waals surface area (Å²) in [7, 11) is 1.66. The fraction of sp³-hybridized carbons (Fsp3) is 0.375. The molecule has 1 aromatic carbocycles. The molecule has 0 amide bonds. The lowest BCUT2D eigenvalue weighted by atomic mass is 10.2. The molecule has 0 aliphatic carbocycles. The summed E-state index contributed by atoms with van der Waals surface area (Å²) < 4.78 is 11.1. The topological polar surface area (TPSA) is 22.9 Å². The molecule has 1 N–H and O–H groups in total. The monoisotopic (exact) mass is 262 g/mol. The van der Waals surface area contributed by atoms with Gasteiger partial charge in [0, 0.05) is 0 Å². The minimum absolute atomic E-state index is 0.649. The van der Waals surface area contributed by atoms with Gasteiger partial charge in [-0.15, -0.1) is 0 Å². The summed E-state index contributed by atoms with van der Waals surface area (Å²) in [6.07, 6.45) is 3.84. The van der Waals surface area contributed by atoms with Gasteiger partial charge >= 0.3 is 0 Å². The standard InChI is InChI=1S/C16H23NO2/c1-5-9-17(10-6-2)11-12-19-15-8-7-14(3)13-16(15)18-4/h5-8,13H,1-2,9-12H2,3-4H3/p+1. The molecule has 3 nitrogen and oxygen atoms in total. The molecule has 0 aliphatic rings. The molecule has 0 bridgehead atoms. The zero-order valence-electron chi connectivity index (χ0n) is 11.9. The van der Waals surface area contributed by atoms with Gasteiger partial charge in [-0.1, -0.05) is 19.2 Å². The number of benzene rings is 1. The number of rotatable bonds is 9. The Bertz CT molecular complexity index is 405. The highest BCUT2D eigenvalue weighted by atomic mass is 16.5. The van der Waals surface area contributed by atoms with Crippen LogP contribution < -0.4 is 14.4 Å². The van der Waals surface area contributed by atoms with Crippen molar-refractivity contribution in [3.05, 3.63) is 49.1 Å². The second-order valence-corrected chi connectivity index (χ2v) is 4.49. The number of hydrogen-bond donors (Lipinski definition) is 1. The average molecular weight is 262 g/mol. The molecule has 19 heavy (non-hydrogen) atoms. The molecule has 104 valence electrons. The van der Waals surface area contributed by atoms with Crippen LogP contribution in [0, 0.1) is 6.92 Å². The van der Waals surface area contributed by atoms with Crippen molar-refractivity contribution >= 4 is 0 Å². The molecule has 0 radical (unpaired) electrons. The lowest BCUT2D eigenvalue weighted by Gasteiger charge is -2.17. The fourth-order valence-corrected chi connectivity index (χ4v) is 1.90. The number of methoxy groups -OCH3 is 1. The first-order valence-corrected chi connectivity index (χ1v) is 6.54. The maximum absolute atomic E-state index is 5.79. The Morgan fingerprint density at radius 3 is 2.42 bits per heavy atom. The van der Waals surface area contributed by atoms with Crippen molar-refractivity contribution in [3.8, 4) is 11.5 Å². The van der Waals surface area contributed by atoms with E-state index in [1.807, 2.05) is 37.3 Å². The van der Waals surface area contributed by atoms with E-state index in [2.05, 4.69) is 13.2 Å². The third-order valence-electron chi connectivity index (χ3n) is 2.90. The normalized spacial score (nSPS) is 10.3. The van der Waals surface area contributed by atoms with Gasteiger partial charge in [-0.2, -0.15) is 0 Å². The first-order valence-electron chi connectivity index (χ1n) is 6.54. The summed E-state index contributed by atoms with van der Waals surface area (Å²) in [5.74, 6) is 1.58. The molecule has 0 spiro atoms. The van der Waals surface area contributed by atoms with E-state index in [0.717, 1.165) is 36.7 Å². The lowest BCUT2D eigenvalue weighted by Crippen LogP contribution is -3.12. The minimum Gasteiger partial charge on any atom is -0.493 e. The van der Waals surface area contributed by atoms with Crippen molar-refractivity contribution < 1.29 is 14.4 Å². The smallest absolute Gasteiger partial charge is 0.161 e. The van der Waals surface area contributed by atoms with Gasteiger partial charge in [-0.05, 0) is 36.8 Å². The van der Waals surface area contributed by atoms with Crippen molar-refractivity contribution in [2.75, 3.05) is 33.4 Å². The van der Waals surface area contributed by atoms with Gasteiger partial charge in [-0.25, -0.2) is 0 Å². The molecule has 1 rings (SSSR count). The molecule has 0 heterocycles. The molecule has 0 saturated carbocycles. The first kappa shape index (κ1) is 15.3. The molecular weight excluding hydrogens is 238 g/mol. The van der Waals surface area contributed by atoms with Crippen molar-refractivity contribution in [1.82, 2.24) is 0 Å².